The third-order valence-corrected chi connectivity index (χ3v) is 5.00. The molecule has 0 aliphatic rings. The van der Waals surface area contributed by atoms with E-state index < -0.39 is 0 Å². The Kier molecular flexibility index (Phi) is 4.91. The number of nitrogens with zero attached hydrogens (tertiary/aromatic N) is 2. The number of rotatable bonds is 6. The Morgan fingerprint density at radius 3 is 2.74 bits per heavy atom. The molecule has 4 heteroatoms. The molecule has 0 saturated carbocycles. The molecule has 0 aliphatic carbocycles. The lowest BCUT2D eigenvalue weighted by Gasteiger charge is -2.11. The average molecular weight is 326 g/mol. The quantitative estimate of drug-likeness (QED) is 0.479. The fourth-order valence-corrected chi connectivity index (χ4v) is 3.53. The Bertz CT molecular complexity index is 810. The molecule has 0 atom stereocenters. The molecule has 2 aromatic carbocycles. The molecule has 0 fully saturated rings. The average Bonchev–Trinajstić information content (AvgIpc) is 2.92. The molecule has 0 spiro atoms. The standard InChI is InChI=1S/C19H22N2OS/c1-4-21-17-10-6-5-9-16(17)20-19(21)23-13-12-22-18-11-7-8-14(2)15(18)3/h5-11H,4,12-13H2,1-3H3. The van der Waals surface area contributed by atoms with Crippen molar-refractivity contribution in [2.75, 3.05) is 12.4 Å². The van der Waals surface area contributed by atoms with Crippen LogP contribution in [0.3, 0.4) is 0 Å². The maximum Gasteiger partial charge on any atom is 0.169 e. The van der Waals surface area contributed by atoms with Crippen molar-refractivity contribution in [3.05, 3.63) is 53.6 Å². The van der Waals surface area contributed by atoms with Gasteiger partial charge in [-0.25, -0.2) is 4.98 Å². The van der Waals surface area contributed by atoms with Gasteiger partial charge in [-0.1, -0.05) is 36.0 Å². The number of imidazole rings is 1. The summed E-state index contributed by atoms with van der Waals surface area (Å²) in [7, 11) is 0. The second kappa shape index (κ2) is 7.09. The summed E-state index contributed by atoms with van der Waals surface area (Å²) in [5.41, 5.74) is 4.75. The summed E-state index contributed by atoms with van der Waals surface area (Å²) in [5, 5.41) is 1.07. The molecular weight excluding hydrogens is 304 g/mol. The SMILES string of the molecule is CCn1c(SCCOc2cccc(C)c2C)nc2ccccc21. The van der Waals surface area contributed by atoms with Crippen LogP contribution < -0.4 is 4.74 Å². The minimum atomic E-state index is 0.682. The van der Waals surface area contributed by atoms with Gasteiger partial charge in [-0.3, -0.25) is 0 Å². The zero-order valence-electron chi connectivity index (χ0n) is 13.9. The third-order valence-electron chi connectivity index (χ3n) is 4.06. The van der Waals surface area contributed by atoms with Crippen LogP contribution in [0, 0.1) is 13.8 Å². The van der Waals surface area contributed by atoms with Gasteiger partial charge in [0.25, 0.3) is 0 Å². The molecule has 0 N–H and O–H groups in total. The molecule has 3 nitrogen and oxygen atoms in total. The van der Waals surface area contributed by atoms with Gasteiger partial charge in [0, 0.05) is 12.3 Å². The first-order chi connectivity index (χ1) is 11.2. The van der Waals surface area contributed by atoms with Gasteiger partial charge in [-0.05, 0) is 50.1 Å². The highest BCUT2D eigenvalue weighted by Gasteiger charge is 2.09. The molecular formula is C19H22N2OS. The van der Waals surface area contributed by atoms with Gasteiger partial charge in [0.05, 0.1) is 17.6 Å². The molecule has 0 bridgehead atoms. The first kappa shape index (κ1) is 15.9. The van der Waals surface area contributed by atoms with Crippen molar-refractivity contribution in [1.29, 1.82) is 0 Å². The lowest BCUT2D eigenvalue weighted by atomic mass is 10.1. The third kappa shape index (κ3) is 3.37. The summed E-state index contributed by atoms with van der Waals surface area (Å²) >= 11 is 1.75. The Morgan fingerprint density at radius 1 is 1.09 bits per heavy atom. The number of para-hydroxylation sites is 2. The Morgan fingerprint density at radius 2 is 1.91 bits per heavy atom. The Balaban J connectivity index is 1.64. The van der Waals surface area contributed by atoms with Crippen LogP contribution in [0.25, 0.3) is 11.0 Å². The minimum Gasteiger partial charge on any atom is -0.492 e. The van der Waals surface area contributed by atoms with Crippen LogP contribution in [-0.2, 0) is 6.54 Å². The van der Waals surface area contributed by atoms with Crippen molar-refractivity contribution >= 4 is 22.8 Å². The van der Waals surface area contributed by atoms with Gasteiger partial charge in [0.1, 0.15) is 5.75 Å². The van der Waals surface area contributed by atoms with Crippen LogP contribution in [-0.4, -0.2) is 21.9 Å². The molecule has 120 valence electrons. The molecule has 0 saturated heterocycles. The van der Waals surface area contributed by atoms with Crippen LogP contribution in [0.5, 0.6) is 5.75 Å². The number of benzene rings is 2. The Hall–Kier alpha value is -1.94. The van der Waals surface area contributed by atoms with E-state index in [0.29, 0.717) is 6.61 Å². The molecule has 3 aromatic rings. The number of aromatic nitrogens is 2. The highest BCUT2D eigenvalue weighted by molar-refractivity contribution is 7.99. The predicted molar refractivity (Wildman–Crippen MR) is 97.5 cm³/mol. The van der Waals surface area contributed by atoms with Crippen LogP contribution in [0.15, 0.2) is 47.6 Å². The second-order valence-electron chi connectivity index (χ2n) is 5.52. The summed E-state index contributed by atoms with van der Waals surface area (Å²) in [6.45, 7) is 7.99. The van der Waals surface area contributed by atoms with Crippen molar-refractivity contribution in [3.63, 3.8) is 0 Å². The maximum atomic E-state index is 5.93. The summed E-state index contributed by atoms with van der Waals surface area (Å²) in [5.74, 6) is 1.87. The normalized spacial score (nSPS) is 11.1. The molecule has 0 radical (unpaired) electrons. The monoisotopic (exact) mass is 326 g/mol. The maximum absolute atomic E-state index is 5.93. The van der Waals surface area contributed by atoms with Crippen LogP contribution in [0.1, 0.15) is 18.1 Å². The zero-order chi connectivity index (χ0) is 16.2. The van der Waals surface area contributed by atoms with E-state index in [0.717, 1.165) is 28.7 Å². The number of fused-ring (bicyclic) bond motifs is 1. The summed E-state index contributed by atoms with van der Waals surface area (Å²) < 4.78 is 8.19. The van der Waals surface area contributed by atoms with Crippen molar-refractivity contribution < 1.29 is 4.74 Å². The number of thioether (sulfide) groups is 1. The first-order valence-corrected chi connectivity index (χ1v) is 8.96. The lowest BCUT2D eigenvalue weighted by Crippen LogP contribution is -2.04. The Labute approximate surface area is 141 Å². The summed E-state index contributed by atoms with van der Waals surface area (Å²) in [6, 6.07) is 14.5. The van der Waals surface area contributed by atoms with Gasteiger partial charge in [0.15, 0.2) is 5.16 Å². The fourth-order valence-electron chi connectivity index (χ4n) is 2.63. The number of aryl methyl sites for hydroxylation is 2. The van der Waals surface area contributed by atoms with E-state index in [-0.39, 0.29) is 0 Å². The van der Waals surface area contributed by atoms with Gasteiger partial charge < -0.3 is 9.30 Å². The zero-order valence-corrected chi connectivity index (χ0v) is 14.7. The molecule has 1 aromatic heterocycles. The molecule has 0 aliphatic heterocycles. The smallest absolute Gasteiger partial charge is 0.169 e. The molecule has 1 heterocycles. The summed E-state index contributed by atoms with van der Waals surface area (Å²) in [6.07, 6.45) is 0. The number of ether oxygens (including phenoxy) is 1. The van der Waals surface area contributed by atoms with Gasteiger partial charge in [-0.2, -0.15) is 0 Å². The highest BCUT2D eigenvalue weighted by Crippen LogP contribution is 2.25. The van der Waals surface area contributed by atoms with Crippen molar-refractivity contribution in [1.82, 2.24) is 9.55 Å². The van der Waals surface area contributed by atoms with Crippen molar-refractivity contribution in [2.45, 2.75) is 32.5 Å². The van der Waals surface area contributed by atoms with E-state index in [4.69, 9.17) is 9.72 Å². The lowest BCUT2D eigenvalue weighted by molar-refractivity contribution is 0.341. The van der Waals surface area contributed by atoms with Crippen LogP contribution in [0.4, 0.5) is 0 Å². The fraction of sp³-hybridized carbons (Fsp3) is 0.316. The van der Waals surface area contributed by atoms with E-state index in [1.807, 2.05) is 18.2 Å². The predicted octanol–water partition coefficient (Wildman–Crippen LogP) is 4.84. The van der Waals surface area contributed by atoms with E-state index in [1.54, 1.807) is 11.8 Å². The molecule has 23 heavy (non-hydrogen) atoms. The highest BCUT2D eigenvalue weighted by atomic mass is 32.2. The molecule has 0 unspecified atom stereocenters. The second-order valence-corrected chi connectivity index (χ2v) is 6.58. The van der Waals surface area contributed by atoms with E-state index in [9.17, 15) is 0 Å². The van der Waals surface area contributed by atoms with Gasteiger partial charge >= 0.3 is 0 Å². The van der Waals surface area contributed by atoms with Gasteiger partial charge in [0.2, 0.25) is 0 Å². The van der Waals surface area contributed by atoms with E-state index in [2.05, 4.69) is 49.6 Å². The minimum absolute atomic E-state index is 0.682. The number of hydrogen-bond acceptors (Lipinski definition) is 3. The first-order valence-electron chi connectivity index (χ1n) is 7.97. The van der Waals surface area contributed by atoms with E-state index in [1.165, 1.54) is 16.6 Å². The van der Waals surface area contributed by atoms with Crippen LogP contribution >= 0.6 is 11.8 Å². The van der Waals surface area contributed by atoms with Gasteiger partial charge in [-0.15, -0.1) is 0 Å². The molecule has 3 rings (SSSR count). The summed E-state index contributed by atoms with van der Waals surface area (Å²) in [4.78, 5) is 4.73. The van der Waals surface area contributed by atoms with Crippen molar-refractivity contribution in [2.24, 2.45) is 0 Å². The molecule has 0 amide bonds. The van der Waals surface area contributed by atoms with Crippen LogP contribution in [0.2, 0.25) is 0 Å². The van der Waals surface area contributed by atoms with Crippen molar-refractivity contribution in [3.8, 4) is 5.75 Å². The topological polar surface area (TPSA) is 27.1 Å². The van der Waals surface area contributed by atoms with E-state index >= 15 is 0 Å². The largest absolute Gasteiger partial charge is 0.492 e. The number of hydrogen-bond donors (Lipinski definition) is 0.